The standard InChI is InChI=1S/C7H12O2S/c1-4-6-10(8,9)7(3)5-2/h1,7H,5-6H2,2-3H3/t7-/m0/s1. The zero-order valence-corrected chi connectivity index (χ0v) is 7.11. The second-order valence-electron chi connectivity index (χ2n) is 2.23. The highest BCUT2D eigenvalue weighted by atomic mass is 32.2. The summed E-state index contributed by atoms with van der Waals surface area (Å²) in [7, 11) is -3.00. The van der Waals surface area contributed by atoms with Crippen molar-refractivity contribution < 1.29 is 8.42 Å². The average molecular weight is 160 g/mol. The lowest BCUT2D eigenvalue weighted by Gasteiger charge is -2.05. The topological polar surface area (TPSA) is 34.1 Å². The first-order valence-electron chi connectivity index (χ1n) is 3.19. The van der Waals surface area contributed by atoms with E-state index in [1.807, 2.05) is 6.92 Å². The molecular weight excluding hydrogens is 148 g/mol. The van der Waals surface area contributed by atoms with E-state index in [1.165, 1.54) is 0 Å². The first kappa shape index (κ1) is 9.51. The maximum absolute atomic E-state index is 11.0. The summed E-state index contributed by atoms with van der Waals surface area (Å²) >= 11 is 0. The van der Waals surface area contributed by atoms with Gasteiger partial charge in [-0.15, -0.1) is 6.42 Å². The molecule has 0 heterocycles. The highest BCUT2D eigenvalue weighted by Crippen LogP contribution is 2.04. The van der Waals surface area contributed by atoms with Crippen LogP contribution in [0.5, 0.6) is 0 Å². The predicted octanol–water partition coefficient (Wildman–Crippen LogP) is 0.833. The van der Waals surface area contributed by atoms with Crippen molar-refractivity contribution in [1.29, 1.82) is 0 Å². The normalized spacial score (nSPS) is 14.1. The van der Waals surface area contributed by atoms with Crippen LogP contribution in [0.3, 0.4) is 0 Å². The Balaban J connectivity index is 4.30. The van der Waals surface area contributed by atoms with Crippen LogP contribution >= 0.6 is 0 Å². The molecule has 0 fully saturated rings. The van der Waals surface area contributed by atoms with Crippen LogP contribution in [-0.4, -0.2) is 19.4 Å². The molecule has 0 aromatic rings. The Morgan fingerprint density at radius 3 is 2.40 bits per heavy atom. The lowest BCUT2D eigenvalue weighted by molar-refractivity contribution is 0.584. The van der Waals surface area contributed by atoms with Gasteiger partial charge in [-0.05, 0) is 13.3 Å². The fraction of sp³-hybridized carbons (Fsp3) is 0.714. The molecule has 0 aliphatic carbocycles. The van der Waals surface area contributed by atoms with E-state index in [0.717, 1.165) is 0 Å². The van der Waals surface area contributed by atoms with E-state index in [0.29, 0.717) is 6.42 Å². The largest absolute Gasteiger partial charge is 0.228 e. The molecule has 0 radical (unpaired) electrons. The lowest BCUT2D eigenvalue weighted by Crippen LogP contribution is -2.19. The average Bonchev–Trinajstić information content (AvgIpc) is 1.86. The third kappa shape index (κ3) is 2.40. The van der Waals surface area contributed by atoms with E-state index in [-0.39, 0.29) is 11.0 Å². The third-order valence-electron chi connectivity index (χ3n) is 1.47. The SMILES string of the molecule is C#CCS(=O)(=O)[C@@H](C)CC. The number of hydrogen-bond donors (Lipinski definition) is 0. The summed E-state index contributed by atoms with van der Waals surface area (Å²) in [6.07, 6.45) is 5.51. The van der Waals surface area contributed by atoms with Gasteiger partial charge in [0.15, 0.2) is 9.84 Å². The van der Waals surface area contributed by atoms with Gasteiger partial charge in [-0.1, -0.05) is 12.8 Å². The minimum absolute atomic E-state index is 0.137. The molecule has 3 heteroatoms. The Morgan fingerprint density at radius 1 is 1.60 bits per heavy atom. The van der Waals surface area contributed by atoms with Gasteiger partial charge in [0.25, 0.3) is 0 Å². The van der Waals surface area contributed by atoms with Crippen molar-refractivity contribution in [2.45, 2.75) is 25.5 Å². The highest BCUT2D eigenvalue weighted by Gasteiger charge is 2.16. The lowest BCUT2D eigenvalue weighted by atomic mass is 10.4. The fourth-order valence-electron chi connectivity index (χ4n) is 0.512. The second-order valence-corrected chi connectivity index (χ2v) is 4.65. The fourth-order valence-corrected chi connectivity index (χ4v) is 1.54. The van der Waals surface area contributed by atoms with Crippen LogP contribution < -0.4 is 0 Å². The van der Waals surface area contributed by atoms with Crippen molar-refractivity contribution in [1.82, 2.24) is 0 Å². The van der Waals surface area contributed by atoms with Crippen LogP contribution in [0.2, 0.25) is 0 Å². The molecule has 0 saturated carbocycles. The van der Waals surface area contributed by atoms with Gasteiger partial charge in [-0.3, -0.25) is 0 Å². The van der Waals surface area contributed by atoms with Crippen molar-refractivity contribution in [3.05, 3.63) is 0 Å². The summed E-state index contributed by atoms with van der Waals surface area (Å²) in [4.78, 5) is 0. The van der Waals surface area contributed by atoms with Gasteiger partial charge in [-0.2, -0.15) is 0 Å². The monoisotopic (exact) mass is 160 g/mol. The Hall–Kier alpha value is -0.490. The minimum atomic E-state index is -3.00. The quantitative estimate of drug-likeness (QED) is 0.573. The van der Waals surface area contributed by atoms with Crippen LogP contribution in [0.25, 0.3) is 0 Å². The van der Waals surface area contributed by atoms with E-state index < -0.39 is 9.84 Å². The van der Waals surface area contributed by atoms with E-state index in [4.69, 9.17) is 6.42 Å². The van der Waals surface area contributed by atoms with Crippen LogP contribution in [-0.2, 0) is 9.84 Å². The summed E-state index contributed by atoms with van der Waals surface area (Å²) in [6.45, 7) is 3.51. The van der Waals surface area contributed by atoms with Crippen molar-refractivity contribution in [2.24, 2.45) is 0 Å². The summed E-state index contributed by atoms with van der Waals surface area (Å²) in [6, 6.07) is 0. The zero-order chi connectivity index (χ0) is 8.20. The van der Waals surface area contributed by atoms with Crippen LogP contribution in [0.15, 0.2) is 0 Å². The van der Waals surface area contributed by atoms with Crippen molar-refractivity contribution in [3.63, 3.8) is 0 Å². The molecule has 0 unspecified atom stereocenters. The number of rotatable bonds is 3. The number of terminal acetylenes is 1. The molecule has 0 aliphatic rings. The third-order valence-corrected chi connectivity index (χ3v) is 3.60. The molecule has 2 nitrogen and oxygen atoms in total. The molecule has 58 valence electrons. The molecule has 0 aromatic heterocycles. The van der Waals surface area contributed by atoms with Gasteiger partial charge in [0.1, 0.15) is 5.75 Å². The zero-order valence-electron chi connectivity index (χ0n) is 6.29. The van der Waals surface area contributed by atoms with Gasteiger partial charge in [0.2, 0.25) is 0 Å². The highest BCUT2D eigenvalue weighted by molar-refractivity contribution is 7.92. The maximum Gasteiger partial charge on any atom is 0.164 e. The van der Waals surface area contributed by atoms with E-state index in [1.54, 1.807) is 6.92 Å². The van der Waals surface area contributed by atoms with E-state index >= 15 is 0 Å². The Morgan fingerprint density at radius 2 is 2.10 bits per heavy atom. The molecule has 0 bridgehead atoms. The molecule has 0 N–H and O–H groups in total. The van der Waals surface area contributed by atoms with E-state index in [2.05, 4.69) is 5.92 Å². The Kier molecular flexibility index (Phi) is 3.45. The second kappa shape index (κ2) is 3.62. The van der Waals surface area contributed by atoms with Gasteiger partial charge in [0, 0.05) is 0 Å². The van der Waals surface area contributed by atoms with Crippen molar-refractivity contribution in [2.75, 3.05) is 5.75 Å². The molecule has 0 saturated heterocycles. The summed E-state index contributed by atoms with van der Waals surface area (Å²) in [5.74, 6) is 2.00. The molecule has 0 spiro atoms. The van der Waals surface area contributed by atoms with Crippen molar-refractivity contribution in [3.8, 4) is 12.3 Å². The first-order chi connectivity index (χ1) is 4.54. The maximum atomic E-state index is 11.0. The van der Waals surface area contributed by atoms with Gasteiger partial charge in [-0.25, -0.2) is 8.42 Å². The van der Waals surface area contributed by atoms with Gasteiger partial charge in [0.05, 0.1) is 5.25 Å². The summed E-state index contributed by atoms with van der Waals surface area (Å²) in [5, 5.41) is -0.302. The number of sulfone groups is 1. The molecule has 0 rings (SSSR count). The van der Waals surface area contributed by atoms with Gasteiger partial charge >= 0.3 is 0 Å². The molecule has 1 atom stereocenters. The Labute approximate surface area is 62.6 Å². The minimum Gasteiger partial charge on any atom is -0.228 e. The smallest absolute Gasteiger partial charge is 0.164 e. The van der Waals surface area contributed by atoms with Crippen molar-refractivity contribution >= 4 is 9.84 Å². The molecule has 10 heavy (non-hydrogen) atoms. The molecule has 0 aromatic carbocycles. The predicted molar refractivity (Wildman–Crippen MR) is 42.4 cm³/mol. The summed E-state index contributed by atoms with van der Waals surface area (Å²) in [5.41, 5.74) is 0. The number of hydrogen-bond acceptors (Lipinski definition) is 2. The molecule has 0 aliphatic heterocycles. The van der Waals surface area contributed by atoms with Crippen LogP contribution in [0, 0.1) is 12.3 Å². The molecular formula is C7H12O2S. The van der Waals surface area contributed by atoms with E-state index in [9.17, 15) is 8.42 Å². The molecule has 0 amide bonds. The van der Waals surface area contributed by atoms with Crippen LogP contribution in [0.4, 0.5) is 0 Å². The van der Waals surface area contributed by atoms with Crippen LogP contribution in [0.1, 0.15) is 20.3 Å². The first-order valence-corrected chi connectivity index (χ1v) is 4.91. The summed E-state index contributed by atoms with van der Waals surface area (Å²) < 4.78 is 22.0. The van der Waals surface area contributed by atoms with Gasteiger partial charge < -0.3 is 0 Å². The Bertz CT molecular complexity index is 220.